The van der Waals surface area contributed by atoms with Gasteiger partial charge in [0.15, 0.2) is 5.78 Å². The molecule has 1 aliphatic carbocycles. The number of benzene rings is 1. The number of morpholine rings is 1. The molecule has 0 radical (unpaired) electrons. The highest BCUT2D eigenvalue weighted by atomic mass is 19.4. The van der Waals surface area contributed by atoms with Crippen LogP contribution in [0.4, 0.5) is 31.1 Å². The fourth-order valence-corrected chi connectivity index (χ4v) is 6.58. The van der Waals surface area contributed by atoms with Crippen LogP contribution in [0.3, 0.4) is 0 Å². The van der Waals surface area contributed by atoms with Gasteiger partial charge in [-0.05, 0) is 48.7 Å². The Hall–Kier alpha value is -4.33. The van der Waals surface area contributed by atoms with Crippen LogP contribution in [0.1, 0.15) is 42.1 Å². The Bertz CT molecular complexity index is 1870. The highest BCUT2D eigenvalue weighted by Gasteiger charge is 2.50. The number of amides is 2. The summed E-state index contributed by atoms with van der Waals surface area (Å²) < 4.78 is 93.0. The number of pyridine rings is 1. The fourth-order valence-electron chi connectivity index (χ4n) is 6.58. The normalized spacial score (nSPS) is 22.4. The second-order valence-corrected chi connectivity index (χ2v) is 11.5. The molecule has 230 valence electrons. The van der Waals surface area contributed by atoms with Gasteiger partial charge in [-0.2, -0.15) is 22.0 Å². The molecule has 2 aliphatic heterocycles. The van der Waals surface area contributed by atoms with Gasteiger partial charge in [0.05, 0.1) is 29.5 Å². The van der Waals surface area contributed by atoms with Gasteiger partial charge < -0.3 is 14.4 Å². The summed E-state index contributed by atoms with van der Waals surface area (Å²) in [5.74, 6) is -2.96. The molecule has 3 aliphatic rings. The van der Waals surface area contributed by atoms with E-state index in [-0.39, 0.29) is 42.8 Å². The number of fused-ring (bicyclic) bond motifs is 1. The van der Waals surface area contributed by atoms with Gasteiger partial charge >= 0.3 is 18.3 Å². The SMILES string of the molecule is CC1(F)CN(C(=O)N2CCn3cc(C4=C(c5cnc6ccccn56)C(=O)CC4)c4cc(C(F)(F)F)cc(c43)C2)CC(F)(F)O1. The molecule has 1 atom stereocenters. The minimum Gasteiger partial charge on any atom is -0.345 e. The maximum absolute atomic E-state index is 14.5. The molecule has 1 unspecified atom stereocenters. The number of aromatic nitrogens is 3. The third kappa shape index (κ3) is 4.71. The number of ketones is 1. The van der Waals surface area contributed by atoms with Gasteiger partial charge in [-0.25, -0.2) is 14.2 Å². The Kier molecular flexibility index (Phi) is 6.19. The van der Waals surface area contributed by atoms with Crippen LogP contribution >= 0.6 is 0 Å². The van der Waals surface area contributed by atoms with Gasteiger partial charge in [0.25, 0.3) is 0 Å². The molecule has 0 saturated carbocycles. The van der Waals surface area contributed by atoms with Crippen LogP contribution in [-0.2, 0) is 28.8 Å². The van der Waals surface area contributed by atoms with Crippen molar-refractivity contribution in [2.45, 2.75) is 51.0 Å². The maximum Gasteiger partial charge on any atom is 0.416 e. The summed E-state index contributed by atoms with van der Waals surface area (Å²) in [4.78, 5) is 32.7. The van der Waals surface area contributed by atoms with Crippen LogP contribution in [0.25, 0.3) is 27.7 Å². The van der Waals surface area contributed by atoms with E-state index in [1.807, 2.05) is 0 Å². The van der Waals surface area contributed by atoms with Gasteiger partial charge in [0.2, 0.25) is 5.85 Å². The van der Waals surface area contributed by atoms with Gasteiger partial charge in [-0.15, -0.1) is 0 Å². The number of nitrogens with zero attached hydrogens (tertiary/aromatic N) is 5. The van der Waals surface area contributed by atoms with Crippen molar-refractivity contribution in [3.05, 3.63) is 71.3 Å². The van der Waals surface area contributed by atoms with Crippen LogP contribution < -0.4 is 0 Å². The molecule has 1 fully saturated rings. The lowest BCUT2D eigenvalue weighted by atomic mass is 9.96. The van der Waals surface area contributed by atoms with Crippen molar-refractivity contribution in [2.24, 2.45) is 0 Å². The first-order chi connectivity index (χ1) is 20.7. The van der Waals surface area contributed by atoms with Crippen molar-refractivity contribution in [1.29, 1.82) is 0 Å². The first kappa shape index (κ1) is 28.4. The number of urea groups is 1. The third-order valence-electron chi connectivity index (χ3n) is 8.28. The number of alkyl halides is 6. The molecule has 1 aromatic carbocycles. The standard InChI is InChI=1S/C30H25F6N5O3/c1-28(31)15-40(16-29(32,33)44-28)27(43)39-9-8-38-14-21(20-11-18(30(34,35)36)10-17(13-39)26(20)38)19-5-6-23(42)25(19)22-12-37-24-4-2-3-7-41(22)24/h2-4,7,10-12,14H,5-6,8-9,13,15-16H2,1H3. The summed E-state index contributed by atoms with van der Waals surface area (Å²) in [7, 11) is 0. The molecule has 7 rings (SSSR count). The zero-order valence-electron chi connectivity index (χ0n) is 23.3. The smallest absolute Gasteiger partial charge is 0.345 e. The molecule has 3 aromatic heterocycles. The van der Waals surface area contributed by atoms with Gasteiger partial charge in [0, 0.05) is 55.0 Å². The summed E-state index contributed by atoms with van der Waals surface area (Å²) in [5.41, 5.74) is 2.25. The molecule has 8 nitrogen and oxygen atoms in total. The van der Waals surface area contributed by atoms with Crippen LogP contribution in [0.2, 0.25) is 0 Å². The Labute approximate surface area is 246 Å². The average molecular weight is 618 g/mol. The number of ether oxygens (including phenoxy) is 1. The molecule has 5 heterocycles. The fraction of sp³-hybridized carbons (Fsp3) is 0.367. The van der Waals surface area contributed by atoms with E-state index in [0.29, 0.717) is 44.9 Å². The summed E-state index contributed by atoms with van der Waals surface area (Å²) >= 11 is 0. The molecular formula is C30H25F6N5O3. The second kappa shape index (κ2) is 9.58. The number of halogens is 6. The molecule has 14 heteroatoms. The molecule has 2 amide bonds. The zero-order valence-corrected chi connectivity index (χ0v) is 23.3. The Morgan fingerprint density at radius 1 is 1.05 bits per heavy atom. The summed E-state index contributed by atoms with van der Waals surface area (Å²) in [6, 6.07) is 6.42. The van der Waals surface area contributed by atoms with E-state index in [2.05, 4.69) is 9.72 Å². The third-order valence-corrected chi connectivity index (χ3v) is 8.28. The van der Waals surface area contributed by atoms with Crippen molar-refractivity contribution in [2.75, 3.05) is 19.6 Å². The van der Waals surface area contributed by atoms with E-state index >= 15 is 0 Å². The average Bonchev–Trinajstić information content (AvgIpc) is 3.59. The largest absolute Gasteiger partial charge is 0.416 e. The van der Waals surface area contributed by atoms with E-state index in [1.165, 1.54) is 0 Å². The minimum atomic E-state index is -4.74. The van der Waals surface area contributed by atoms with E-state index in [4.69, 9.17) is 0 Å². The van der Waals surface area contributed by atoms with Crippen molar-refractivity contribution in [3.63, 3.8) is 0 Å². The molecule has 0 spiro atoms. The number of hydrogen-bond acceptors (Lipinski definition) is 4. The van der Waals surface area contributed by atoms with Crippen molar-refractivity contribution in [1.82, 2.24) is 23.8 Å². The van der Waals surface area contributed by atoms with E-state index in [1.54, 1.807) is 45.8 Å². The number of carbonyl (C=O) groups is 2. The first-order valence-corrected chi connectivity index (χ1v) is 13.9. The molecule has 0 N–H and O–H groups in total. The van der Waals surface area contributed by atoms with Gasteiger partial charge in [0.1, 0.15) is 12.2 Å². The monoisotopic (exact) mass is 617 g/mol. The lowest BCUT2D eigenvalue weighted by Gasteiger charge is -2.41. The topological polar surface area (TPSA) is 72.1 Å². The summed E-state index contributed by atoms with van der Waals surface area (Å²) in [5, 5.41) is 0.259. The van der Waals surface area contributed by atoms with Gasteiger partial charge in [-0.1, -0.05) is 6.07 Å². The number of carbonyl (C=O) groups excluding carboxylic acids is 2. The lowest BCUT2D eigenvalue weighted by Crippen LogP contribution is -2.59. The quantitative estimate of drug-likeness (QED) is 0.254. The van der Waals surface area contributed by atoms with E-state index in [9.17, 15) is 35.9 Å². The number of allylic oxidation sites excluding steroid dienone is 2. The molecule has 4 aromatic rings. The van der Waals surface area contributed by atoms with Crippen LogP contribution in [0.5, 0.6) is 0 Å². The number of Topliss-reactive ketones (excluding diaryl/α,β-unsaturated/α-hetero) is 1. The van der Waals surface area contributed by atoms with Crippen LogP contribution in [0.15, 0.2) is 48.9 Å². The number of imidazole rings is 1. The maximum atomic E-state index is 14.5. The number of hydrogen-bond donors (Lipinski definition) is 0. The number of rotatable bonds is 2. The van der Waals surface area contributed by atoms with Crippen LogP contribution in [0, 0.1) is 0 Å². The zero-order chi connectivity index (χ0) is 31.2. The van der Waals surface area contributed by atoms with Crippen LogP contribution in [-0.4, -0.2) is 67.2 Å². The van der Waals surface area contributed by atoms with Gasteiger partial charge in [-0.3, -0.25) is 13.9 Å². The predicted molar refractivity (Wildman–Crippen MR) is 146 cm³/mol. The minimum absolute atomic E-state index is 0.0396. The summed E-state index contributed by atoms with van der Waals surface area (Å²) in [6.07, 6.45) is -3.16. The second-order valence-electron chi connectivity index (χ2n) is 11.5. The molecular weight excluding hydrogens is 592 g/mol. The lowest BCUT2D eigenvalue weighted by molar-refractivity contribution is -0.354. The van der Waals surface area contributed by atoms with Crippen molar-refractivity contribution >= 4 is 39.5 Å². The predicted octanol–water partition coefficient (Wildman–Crippen LogP) is 6.13. The van der Waals surface area contributed by atoms with E-state index in [0.717, 1.165) is 24.0 Å². The highest BCUT2D eigenvalue weighted by molar-refractivity contribution is 6.31. The Balaban J connectivity index is 1.35. The Morgan fingerprint density at radius 2 is 1.84 bits per heavy atom. The van der Waals surface area contributed by atoms with Crippen molar-refractivity contribution < 1.29 is 40.7 Å². The summed E-state index contributed by atoms with van der Waals surface area (Å²) in [6.45, 7) is -1.41. The van der Waals surface area contributed by atoms with Crippen molar-refractivity contribution in [3.8, 4) is 0 Å². The highest BCUT2D eigenvalue weighted by Crippen LogP contribution is 2.44. The molecule has 1 saturated heterocycles. The molecule has 44 heavy (non-hydrogen) atoms. The first-order valence-electron chi connectivity index (χ1n) is 13.9. The Morgan fingerprint density at radius 3 is 2.59 bits per heavy atom. The molecule has 0 bridgehead atoms. The van der Waals surface area contributed by atoms with E-state index < -0.39 is 42.8 Å².